The molecule has 0 aliphatic carbocycles. The van der Waals surface area contributed by atoms with Crippen LogP contribution >= 0.6 is 0 Å². The molecule has 0 saturated carbocycles. The van der Waals surface area contributed by atoms with Gasteiger partial charge in [0.15, 0.2) is 5.82 Å². The van der Waals surface area contributed by atoms with Crippen molar-refractivity contribution in [1.82, 2.24) is 25.2 Å². The van der Waals surface area contributed by atoms with Crippen molar-refractivity contribution < 1.29 is 14.0 Å². The van der Waals surface area contributed by atoms with E-state index in [2.05, 4.69) is 25.2 Å². The molecule has 21 heavy (non-hydrogen) atoms. The summed E-state index contributed by atoms with van der Waals surface area (Å²) in [6, 6.07) is 1.93. The van der Waals surface area contributed by atoms with Crippen LogP contribution in [-0.4, -0.2) is 46.0 Å². The van der Waals surface area contributed by atoms with Gasteiger partial charge in [0, 0.05) is 32.7 Å². The van der Waals surface area contributed by atoms with Crippen LogP contribution in [0.1, 0.15) is 23.0 Å². The Bertz CT molecular complexity index is 616. The van der Waals surface area contributed by atoms with Crippen LogP contribution in [0.25, 0.3) is 0 Å². The second kappa shape index (κ2) is 6.15. The molecule has 0 N–H and O–H groups in total. The molecule has 8 nitrogen and oxygen atoms in total. The molecule has 8 heteroatoms. The second-order valence-electron chi connectivity index (χ2n) is 4.86. The number of fused-ring (bicyclic) bond motifs is 1. The lowest BCUT2D eigenvalue weighted by atomic mass is 10.1. The summed E-state index contributed by atoms with van der Waals surface area (Å²) >= 11 is 0. The maximum Gasteiger partial charge on any atom is 0.240 e. The lowest BCUT2D eigenvalue weighted by molar-refractivity contribution is 0.174. The van der Waals surface area contributed by atoms with Gasteiger partial charge in [0.2, 0.25) is 11.8 Å². The molecular formula is C13H17N5O3. The van der Waals surface area contributed by atoms with Crippen molar-refractivity contribution in [2.24, 2.45) is 0 Å². The number of hydrogen-bond acceptors (Lipinski definition) is 8. The van der Waals surface area contributed by atoms with Crippen LogP contribution in [0.5, 0.6) is 5.88 Å². The summed E-state index contributed by atoms with van der Waals surface area (Å²) in [5, 5.41) is 12.1. The molecule has 0 bridgehead atoms. The summed E-state index contributed by atoms with van der Waals surface area (Å²) in [5.74, 6) is 1.70. The van der Waals surface area contributed by atoms with Crippen molar-refractivity contribution in [3.8, 4) is 5.88 Å². The van der Waals surface area contributed by atoms with E-state index >= 15 is 0 Å². The lowest BCUT2D eigenvalue weighted by Crippen LogP contribution is -2.31. The number of rotatable bonds is 5. The van der Waals surface area contributed by atoms with Crippen molar-refractivity contribution in [3.63, 3.8) is 0 Å². The van der Waals surface area contributed by atoms with Crippen molar-refractivity contribution >= 4 is 0 Å². The highest BCUT2D eigenvalue weighted by Gasteiger charge is 2.20. The van der Waals surface area contributed by atoms with E-state index in [1.54, 1.807) is 14.2 Å². The molecule has 0 aromatic carbocycles. The summed E-state index contributed by atoms with van der Waals surface area (Å²) in [4.78, 5) is 6.52. The maximum absolute atomic E-state index is 5.22. The zero-order chi connectivity index (χ0) is 14.7. The molecule has 0 radical (unpaired) electrons. The summed E-state index contributed by atoms with van der Waals surface area (Å²) < 4.78 is 15.3. The SMILES string of the molecule is COCc1noc(CN2CCc3nnc(OC)cc3C2)n1. The molecule has 0 fully saturated rings. The van der Waals surface area contributed by atoms with Crippen molar-refractivity contribution in [1.29, 1.82) is 0 Å². The molecule has 0 saturated heterocycles. The summed E-state index contributed by atoms with van der Waals surface area (Å²) in [6.07, 6.45) is 0.853. The Morgan fingerprint density at radius 1 is 1.33 bits per heavy atom. The summed E-state index contributed by atoms with van der Waals surface area (Å²) in [7, 11) is 3.19. The zero-order valence-electron chi connectivity index (χ0n) is 12.1. The molecule has 0 atom stereocenters. The minimum Gasteiger partial charge on any atom is -0.480 e. The van der Waals surface area contributed by atoms with Crippen LogP contribution < -0.4 is 4.74 Å². The molecule has 3 heterocycles. The number of ether oxygens (including phenoxy) is 2. The minimum absolute atomic E-state index is 0.360. The van der Waals surface area contributed by atoms with Gasteiger partial charge >= 0.3 is 0 Å². The summed E-state index contributed by atoms with van der Waals surface area (Å²) in [6.45, 7) is 2.62. The number of hydrogen-bond donors (Lipinski definition) is 0. The Balaban J connectivity index is 1.67. The van der Waals surface area contributed by atoms with Crippen LogP contribution in [0.3, 0.4) is 0 Å². The molecule has 1 aliphatic rings. The second-order valence-corrected chi connectivity index (χ2v) is 4.86. The van der Waals surface area contributed by atoms with Gasteiger partial charge in [-0.05, 0) is 5.56 Å². The molecule has 0 spiro atoms. The number of methoxy groups -OCH3 is 2. The Kier molecular flexibility index (Phi) is 4.07. The van der Waals surface area contributed by atoms with Crippen molar-refractivity contribution in [2.75, 3.05) is 20.8 Å². The highest BCUT2D eigenvalue weighted by Crippen LogP contribution is 2.20. The van der Waals surface area contributed by atoms with Gasteiger partial charge in [0.25, 0.3) is 0 Å². The van der Waals surface area contributed by atoms with Gasteiger partial charge in [-0.3, -0.25) is 4.90 Å². The van der Waals surface area contributed by atoms with E-state index in [4.69, 9.17) is 14.0 Å². The largest absolute Gasteiger partial charge is 0.480 e. The van der Waals surface area contributed by atoms with Crippen molar-refractivity contribution in [3.05, 3.63) is 29.0 Å². The molecule has 112 valence electrons. The number of aromatic nitrogens is 4. The predicted octanol–water partition coefficient (Wildman–Crippen LogP) is 0.573. The van der Waals surface area contributed by atoms with E-state index in [0.717, 1.165) is 30.8 Å². The van der Waals surface area contributed by atoms with Gasteiger partial charge in [0.1, 0.15) is 6.61 Å². The molecule has 1 aliphatic heterocycles. The molecular weight excluding hydrogens is 274 g/mol. The van der Waals surface area contributed by atoms with Gasteiger partial charge < -0.3 is 14.0 Å². The van der Waals surface area contributed by atoms with E-state index in [-0.39, 0.29) is 0 Å². The highest BCUT2D eigenvalue weighted by atomic mass is 16.5. The maximum atomic E-state index is 5.22. The first-order valence-corrected chi connectivity index (χ1v) is 6.70. The van der Waals surface area contributed by atoms with Gasteiger partial charge in [-0.1, -0.05) is 5.16 Å². The standard InChI is InChI=1S/C13H17N5O3/c1-19-8-11-14-13(21-17-11)7-18-4-3-10-9(6-18)5-12(20-2)16-15-10/h5H,3-4,6-8H2,1-2H3. The Labute approximate surface area is 122 Å². The van der Waals surface area contributed by atoms with E-state index < -0.39 is 0 Å². The first kappa shape index (κ1) is 13.9. The fourth-order valence-corrected chi connectivity index (χ4v) is 2.33. The minimum atomic E-state index is 0.360. The van der Waals surface area contributed by atoms with Gasteiger partial charge in [0.05, 0.1) is 19.3 Å². The molecule has 3 rings (SSSR count). The van der Waals surface area contributed by atoms with E-state index in [1.807, 2.05) is 6.07 Å². The normalized spacial score (nSPS) is 15.0. The van der Waals surface area contributed by atoms with Gasteiger partial charge in [-0.15, -0.1) is 5.10 Å². The molecule has 0 amide bonds. The molecule has 2 aromatic heterocycles. The molecule has 2 aromatic rings. The third-order valence-electron chi connectivity index (χ3n) is 3.35. The quantitative estimate of drug-likeness (QED) is 0.790. The third kappa shape index (κ3) is 3.17. The summed E-state index contributed by atoms with van der Waals surface area (Å²) in [5.41, 5.74) is 2.15. The highest BCUT2D eigenvalue weighted by molar-refractivity contribution is 5.26. The first-order valence-electron chi connectivity index (χ1n) is 6.70. The van der Waals surface area contributed by atoms with Crippen LogP contribution in [0.4, 0.5) is 0 Å². The van der Waals surface area contributed by atoms with E-state index in [0.29, 0.717) is 30.7 Å². The fourth-order valence-electron chi connectivity index (χ4n) is 2.33. The topological polar surface area (TPSA) is 86.4 Å². The monoisotopic (exact) mass is 291 g/mol. The Morgan fingerprint density at radius 2 is 2.24 bits per heavy atom. The average molecular weight is 291 g/mol. The van der Waals surface area contributed by atoms with Crippen LogP contribution in [0, 0.1) is 0 Å². The van der Waals surface area contributed by atoms with Gasteiger partial charge in [-0.2, -0.15) is 10.1 Å². The Hall–Kier alpha value is -2.06. The smallest absolute Gasteiger partial charge is 0.240 e. The predicted molar refractivity (Wildman–Crippen MR) is 71.4 cm³/mol. The van der Waals surface area contributed by atoms with E-state index in [1.165, 1.54) is 0 Å². The van der Waals surface area contributed by atoms with Crippen LogP contribution in [0.2, 0.25) is 0 Å². The van der Waals surface area contributed by atoms with Crippen LogP contribution in [-0.2, 0) is 30.9 Å². The molecule has 0 unspecified atom stereocenters. The van der Waals surface area contributed by atoms with Crippen molar-refractivity contribution in [2.45, 2.75) is 26.1 Å². The average Bonchev–Trinajstić information content (AvgIpc) is 2.94. The third-order valence-corrected chi connectivity index (χ3v) is 3.35. The van der Waals surface area contributed by atoms with Crippen LogP contribution in [0.15, 0.2) is 10.6 Å². The zero-order valence-corrected chi connectivity index (χ0v) is 12.1. The number of nitrogens with zero attached hydrogens (tertiary/aromatic N) is 5. The van der Waals surface area contributed by atoms with Gasteiger partial charge in [-0.25, -0.2) is 0 Å². The fraction of sp³-hybridized carbons (Fsp3) is 0.538. The first-order chi connectivity index (χ1) is 10.3. The Morgan fingerprint density at radius 3 is 3.05 bits per heavy atom. The lowest BCUT2D eigenvalue weighted by Gasteiger charge is -2.26. The van der Waals surface area contributed by atoms with E-state index in [9.17, 15) is 0 Å².